The van der Waals surface area contributed by atoms with Gasteiger partial charge < -0.3 is 15.8 Å². The summed E-state index contributed by atoms with van der Waals surface area (Å²) < 4.78 is 5.65. The third-order valence-corrected chi connectivity index (χ3v) is 3.39. The first kappa shape index (κ1) is 13.9. The Balaban J connectivity index is 2.04. The van der Waals surface area contributed by atoms with Crippen LogP contribution in [0, 0.1) is 6.92 Å². The second-order valence-corrected chi connectivity index (χ2v) is 5.90. The van der Waals surface area contributed by atoms with Crippen molar-refractivity contribution in [1.29, 1.82) is 0 Å². The van der Waals surface area contributed by atoms with Gasteiger partial charge in [-0.1, -0.05) is 0 Å². The van der Waals surface area contributed by atoms with E-state index in [0.29, 0.717) is 17.9 Å². The normalized spacial score (nSPS) is 21.9. The number of nitrogens with two attached hydrogens (primary N) is 1. The molecule has 0 saturated carbocycles. The van der Waals surface area contributed by atoms with E-state index in [0.717, 1.165) is 18.4 Å². The SMILES string of the molecule is Cc1cc(N)cc(C(=O)NC2CCOC(C)(C)C2)c1. The maximum absolute atomic E-state index is 12.2. The van der Waals surface area contributed by atoms with E-state index in [4.69, 9.17) is 10.5 Å². The van der Waals surface area contributed by atoms with Crippen LogP contribution in [0.5, 0.6) is 0 Å². The molecular weight excluding hydrogens is 240 g/mol. The molecule has 0 aliphatic carbocycles. The molecule has 1 aromatic rings. The first-order chi connectivity index (χ1) is 8.85. The number of amides is 1. The minimum Gasteiger partial charge on any atom is -0.399 e. The maximum atomic E-state index is 12.2. The van der Waals surface area contributed by atoms with Gasteiger partial charge in [0.25, 0.3) is 5.91 Å². The van der Waals surface area contributed by atoms with Crippen molar-refractivity contribution in [2.45, 2.75) is 45.3 Å². The zero-order valence-electron chi connectivity index (χ0n) is 11.8. The highest BCUT2D eigenvalue weighted by atomic mass is 16.5. The van der Waals surface area contributed by atoms with Gasteiger partial charge in [-0.2, -0.15) is 0 Å². The van der Waals surface area contributed by atoms with Crippen LogP contribution in [0.1, 0.15) is 42.6 Å². The topological polar surface area (TPSA) is 64.4 Å². The molecule has 1 aromatic carbocycles. The summed E-state index contributed by atoms with van der Waals surface area (Å²) in [7, 11) is 0. The lowest BCUT2D eigenvalue weighted by Crippen LogP contribution is -2.45. The zero-order chi connectivity index (χ0) is 14.0. The average Bonchev–Trinajstić information content (AvgIpc) is 2.26. The molecule has 1 aliphatic rings. The molecule has 0 bridgehead atoms. The van der Waals surface area contributed by atoms with E-state index in [-0.39, 0.29) is 17.6 Å². The molecule has 0 aromatic heterocycles. The Morgan fingerprint density at radius 2 is 2.16 bits per heavy atom. The summed E-state index contributed by atoms with van der Waals surface area (Å²) in [4.78, 5) is 12.2. The van der Waals surface area contributed by atoms with Crippen LogP contribution in [0.25, 0.3) is 0 Å². The molecule has 1 unspecified atom stereocenters. The molecule has 1 fully saturated rings. The zero-order valence-corrected chi connectivity index (χ0v) is 11.8. The largest absolute Gasteiger partial charge is 0.399 e. The summed E-state index contributed by atoms with van der Waals surface area (Å²) in [5.74, 6) is -0.0573. The number of hydrogen-bond donors (Lipinski definition) is 2. The van der Waals surface area contributed by atoms with Gasteiger partial charge in [0.05, 0.1) is 5.60 Å². The quantitative estimate of drug-likeness (QED) is 0.804. The van der Waals surface area contributed by atoms with Crippen molar-refractivity contribution in [3.8, 4) is 0 Å². The third kappa shape index (κ3) is 3.70. The lowest BCUT2D eigenvalue weighted by Gasteiger charge is -2.35. The molecule has 1 atom stereocenters. The number of nitrogens with one attached hydrogen (secondary N) is 1. The number of hydrogen-bond acceptors (Lipinski definition) is 3. The van der Waals surface area contributed by atoms with Gasteiger partial charge in [0.2, 0.25) is 0 Å². The average molecular weight is 262 g/mol. The van der Waals surface area contributed by atoms with Gasteiger partial charge in [0.1, 0.15) is 0 Å². The molecule has 104 valence electrons. The smallest absolute Gasteiger partial charge is 0.251 e. The van der Waals surface area contributed by atoms with Gasteiger partial charge in [-0.3, -0.25) is 4.79 Å². The van der Waals surface area contributed by atoms with E-state index in [9.17, 15) is 4.79 Å². The van der Waals surface area contributed by atoms with Gasteiger partial charge in [-0.25, -0.2) is 0 Å². The van der Waals surface area contributed by atoms with Gasteiger partial charge >= 0.3 is 0 Å². The van der Waals surface area contributed by atoms with Crippen LogP contribution in [0.4, 0.5) is 5.69 Å². The Bertz CT molecular complexity index is 463. The maximum Gasteiger partial charge on any atom is 0.251 e. The van der Waals surface area contributed by atoms with Crippen LogP contribution in [0.2, 0.25) is 0 Å². The van der Waals surface area contributed by atoms with Crippen molar-refractivity contribution in [2.75, 3.05) is 12.3 Å². The minimum atomic E-state index is -0.165. The van der Waals surface area contributed by atoms with Gasteiger partial charge in [-0.05, 0) is 57.4 Å². The molecule has 0 spiro atoms. The number of anilines is 1. The van der Waals surface area contributed by atoms with Crippen molar-refractivity contribution in [2.24, 2.45) is 0 Å². The molecule has 3 N–H and O–H groups in total. The highest BCUT2D eigenvalue weighted by molar-refractivity contribution is 5.95. The standard InChI is InChI=1S/C15H22N2O2/c1-10-6-11(8-12(16)7-10)14(18)17-13-4-5-19-15(2,3)9-13/h6-8,13H,4-5,9,16H2,1-3H3,(H,17,18). The van der Waals surface area contributed by atoms with Crippen LogP contribution < -0.4 is 11.1 Å². The molecule has 4 heteroatoms. The second-order valence-electron chi connectivity index (χ2n) is 5.90. The Labute approximate surface area is 114 Å². The van der Waals surface area contributed by atoms with Crippen molar-refractivity contribution in [3.05, 3.63) is 29.3 Å². The van der Waals surface area contributed by atoms with Crippen LogP contribution >= 0.6 is 0 Å². The fourth-order valence-corrected chi connectivity index (χ4v) is 2.57. The number of ether oxygens (including phenoxy) is 1. The van der Waals surface area contributed by atoms with Crippen LogP contribution in [0.15, 0.2) is 18.2 Å². The molecule has 4 nitrogen and oxygen atoms in total. The van der Waals surface area contributed by atoms with E-state index in [2.05, 4.69) is 19.2 Å². The Morgan fingerprint density at radius 1 is 1.42 bits per heavy atom. The number of aryl methyl sites for hydroxylation is 1. The summed E-state index contributed by atoms with van der Waals surface area (Å²) in [6.07, 6.45) is 1.69. The summed E-state index contributed by atoms with van der Waals surface area (Å²) in [6.45, 7) is 6.73. The summed E-state index contributed by atoms with van der Waals surface area (Å²) in [5.41, 5.74) is 7.86. The molecule has 1 amide bonds. The molecule has 1 saturated heterocycles. The predicted octanol–water partition coefficient (Wildman–Crippen LogP) is 2.26. The monoisotopic (exact) mass is 262 g/mol. The Kier molecular flexibility index (Phi) is 3.80. The van der Waals surface area contributed by atoms with E-state index in [1.165, 1.54) is 0 Å². The number of carbonyl (C=O) groups excluding carboxylic acids is 1. The fourth-order valence-electron chi connectivity index (χ4n) is 2.57. The highest BCUT2D eigenvalue weighted by Gasteiger charge is 2.29. The lowest BCUT2D eigenvalue weighted by molar-refractivity contribution is -0.0615. The van der Waals surface area contributed by atoms with Crippen LogP contribution in [-0.4, -0.2) is 24.2 Å². The van der Waals surface area contributed by atoms with Crippen molar-refractivity contribution < 1.29 is 9.53 Å². The molecule has 1 aliphatic heterocycles. The van der Waals surface area contributed by atoms with E-state index >= 15 is 0 Å². The number of nitrogen functional groups attached to an aromatic ring is 1. The summed E-state index contributed by atoms with van der Waals surface area (Å²) >= 11 is 0. The highest BCUT2D eigenvalue weighted by Crippen LogP contribution is 2.24. The number of rotatable bonds is 2. The fraction of sp³-hybridized carbons (Fsp3) is 0.533. The summed E-state index contributed by atoms with van der Waals surface area (Å²) in [5, 5.41) is 3.07. The van der Waals surface area contributed by atoms with Gasteiger partial charge in [-0.15, -0.1) is 0 Å². The van der Waals surface area contributed by atoms with Crippen molar-refractivity contribution in [1.82, 2.24) is 5.32 Å². The van der Waals surface area contributed by atoms with E-state index < -0.39 is 0 Å². The second kappa shape index (κ2) is 5.21. The predicted molar refractivity (Wildman–Crippen MR) is 76.1 cm³/mol. The molecule has 19 heavy (non-hydrogen) atoms. The van der Waals surface area contributed by atoms with Gasteiger partial charge in [0, 0.05) is 23.9 Å². The summed E-state index contributed by atoms with van der Waals surface area (Å²) in [6, 6.07) is 5.59. The van der Waals surface area contributed by atoms with E-state index in [1.807, 2.05) is 19.1 Å². The third-order valence-electron chi connectivity index (χ3n) is 3.39. The lowest BCUT2D eigenvalue weighted by atomic mass is 9.93. The van der Waals surface area contributed by atoms with Crippen molar-refractivity contribution >= 4 is 11.6 Å². The van der Waals surface area contributed by atoms with Crippen LogP contribution in [-0.2, 0) is 4.74 Å². The minimum absolute atomic E-state index is 0.0573. The Hall–Kier alpha value is -1.55. The first-order valence-electron chi connectivity index (χ1n) is 6.68. The van der Waals surface area contributed by atoms with E-state index in [1.54, 1.807) is 6.07 Å². The number of carbonyl (C=O) groups is 1. The molecular formula is C15H22N2O2. The molecule has 2 rings (SSSR count). The van der Waals surface area contributed by atoms with Gasteiger partial charge in [0.15, 0.2) is 0 Å². The Morgan fingerprint density at radius 3 is 2.79 bits per heavy atom. The number of benzene rings is 1. The molecule has 1 heterocycles. The van der Waals surface area contributed by atoms with Crippen molar-refractivity contribution in [3.63, 3.8) is 0 Å². The van der Waals surface area contributed by atoms with Crippen LogP contribution in [0.3, 0.4) is 0 Å². The first-order valence-corrected chi connectivity index (χ1v) is 6.68. The molecule has 0 radical (unpaired) electrons.